The quantitative estimate of drug-likeness (QED) is 0.733. The van der Waals surface area contributed by atoms with Gasteiger partial charge in [0.15, 0.2) is 0 Å². The minimum atomic E-state index is -4.79. The number of nitrogens with two attached hydrogens (primary N) is 1. The van der Waals surface area contributed by atoms with Crippen LogP contribution in [0.4, 0.5) is 13.2 Å². The van der Waals surface area contributed by atoms with Gasteiger partial charge in [-0.2, -0.15) is 0 Å². The number of hydrogen-bond donors (Lipinski definition) is 2. The van der Waals surface area contributed by atoms with Crippen molar-refractivity contribution in [1.29, 1.82) is 0 Å². The Bertz CT molecular complexity index is 958. The molecule has 3 rings (SSSR count). The number of aromatic nitrogens is 1. The second kappa shape index (κ2) is 8.80. The molecule has 2 heterocycles. The number of carbonyl (C=O) groups is 1. The highest BCUT2D eigenvalue weighted by molar-refractivity contribution is 5.96. The van der Waals surface area contributed by atoms with Gasteiger partial charge < -0.3 is 20.4 Å². The molecule has 0 fully saturated rings. The lowest BCUT2D eigenvalue weighted by atomic mass is 10.0. The highest BCUT2D eigenvalue weighted by Crippen LogP contribution is 2.35. The van der Waals surface area contributed by atoms with Gasteiger partial charge in [0.25, 0.3) is 5.91 Å². The summed E-state index contributed by atoms with van der Waals surface area (Å²) in [5.41, 5.74) is 7.53. The summed E-state index contributed by atoms with van der Waals surface area (Å²) in [6.45, 7) is 4.63. The Morgan fingerprint density at radius 3 is 2.69 bits per heavy atom. The maximum absolute atomic E-state index is 12.6. The van der Waals surface area contributed by atoms with E-state index in [1.807, 2.05) is 18.4 Å². The minimum Gasteiger partial charge on any atom is -0.406 e. The van der Waals surface area contributed by atoms with Gasteiger partial charge in [-0.1, -0.05) is 31.9 Å². The summed E-state index contributed by atoms with van der Waals surface area (Å²) in [5.74, 6) is 5.41. The lowest BCUT2D eigenvalue weighted by molar-refractivity contribution is -0.274. The van der Waals surface area contributed by atoms with Crippen LogP contribution in [-0.2, 0) is 0 Å². The molecule has 156 valence electrons. The van der Waals surface area contributed by atoms with Crippen molar-refractivity contribution < 1.29 is 22.7 Å². The zero-order chi connectivity index (χ0) is 20.5. The average molecular weight is 428 g/mol. The monoisotopic (exact) mass is 427 g/mol. The number of fused-ring (bicyclic) bond motifs is 1. The molecule has 2 aromatic rings. The Kier molecular flexibility index (Phi) is 6.88. The van der Waals surface area contributed by atoms with E-state index in [1.54, 1.807) is 12.1 Å². The number of nitrogens with zero attached hydrogens (tertiary/aromatic N) is 1. The summed E-state index contributed by atoms with van der Waals surface area (Å²) in [6.07, 6.45) is -4.79. The van der Waals surface area contributed by atoms with Crippen LogP contribution in [0, 0.1) is 17.8 Å². The largest absolute Gasteiger partial charge is 0.573 e. The van der Waals surface area contributed by atoms with E-state index in [1.165, 1.54) is 18.2 Å². The van der Waals surface area contributed by atoms with Crippen molar-refractivity contribution in [2.24, 2.45) is 11.7 Å². The van der Waals surface area contributed by atoms with Crippen LogP contribution in [0.2, 0.25) is 0 Å². The third-order valence-corrected chi connectivity index (χ3v) is 4.53. The molecule has 0 radical (unpaired) electrons. The fraction of sp³-hybridized carbons (Fsp3) is 0.350. The molecule has 0 aliphatic carbocycles. The SMILES string of the molecule is CC(C)[C@H]1CNC(=O)c2cc(-c3cccc(OC(F)(F)F)c3)c(C#CCN)n21.Cl. The molecule has 29 heavy (non-hydrogen) atoms. The number of nitrogens with one attached hydrogen (secondary N) is 1. The number of rotatable bonds is 3. The molecule has 0 saturated carbocycles. The van der Waals surface area contributed by atoms with Gasteiger partial charge in [0, 0.05) is 12.1 Å². The summed E-state index contributed by atoms with van der Waals surface area (Å²) < 4.78 is 43.6. The molecule has 1 amide bonds. The van der Waals surface area contributed by atoms with E-state index in [0.29, 0.717) is 29.1 Å². The first kappa shape index (κ1) is 22.7. The molecule has 0 saturated heterocycles. The molecule has 1 atom stereocenters. The minimum absolute atomic E-state index is 0. The van der Waals surface area contributed by atoms with Gasteiger partial charge in [-0.25, -0.2) is 0 Å². The number of halogens is 4. The van der Waals surface area contributed by atoms with Gasteiger partial charge >= 0.3 is 6.36 Å². The van der Waals surface area contributed by atoms with Gasteiger partial charge in [-0.3, -0.25) is 4.79 Å². The Labute approximate surface area is 172 Å². The first-order valence-corrected chi connectivity index (χ1v) is 8.80. The third kappa shape index (κ3) is 4.86. The summed E-state index contributed by atoms with van der Waals surface area (Å²) in [6, 6.07) is 7.25. The maximum atomic E-state index is 12.6. The second-order valence-electron chi connectivity index (χ2n) is 6.76. The molecule has 1 aromatic heterocycles. The van der Waals surface area contributed by atoms with Crippen LogP contribution >= 0.6 is 12.4 Å². The zero-order valence-electron chi connectivity index (χ0n) is 15.8. The third-order valence-electron chi connectivity index (χ3n) is 4.53. The molecule has 1 aliphatic rings. The number of alkyl halides is 3. The van der Waals surface area contributed by atoms with Crippen molar-refractivity contribution in [3.63, 3.8) is 0 Å². The van der Waals surface area contributed by atoms with E-state index in [-0.39, 0.29) is 42.6 Å². The fourth-order valence-corrected chi connectivity index (χ4v) is 3.30. The van der Waals surface area contributed by atoms with Gasteiger partial charge in [-0.05, 0) is 35.6 Å². The molecular weight excluding hydrogens is 407 g/mol. The molecule has 9 heteroatoms. The molecule has 0 bridgehead atoms. The van der Waals surface area contributed by atoms with Gasteiger partial charge in [-0.15, -0.1) is 25.6 Å². The predicted octanol–water partition coefficient (Wildman–Crippen LogP) is 3.73. The van der Waals surface area contributed by atoms with Crippen molar-refractivity contribution in [2.75, 3.05) is 13.1 Å². The number of benzene rings is 1. The Hall–Kier alpha value is -2.63. The summed E-state index contributed by atoms with van der Waals surface area (Å²) in [7, 11) is 0. The molecule has 0 spiro atoms. The Morgan fingerprint density at radius 1 is 1.34 bits per heavy atom. The molecular formula is C20H21ClF3N3O2. The van der Waals surface area contributed by atoms with E-state index in [4.69, 9.17) is 5.73 Å². The normalized spacial score (nSPS) is 15.7. The Morgan fingerprint density at radius 2 is 2.07 bits per heavy atom. The van der Waals surface area contributed by atoms with Crippen LogP contribution in [-0.4, -0.2) is 29.9 Å². The standard InChI is InChI=1S/C20H20F3N3O2.ClH/c1-12(2)18-11-25-19(27)17-10-15(16(26(17)18)7-4-8-24)13-5-3-6-14(9-13)28-20(21,22)23;/h3,5-6,9-10,12,18H,8,11,24H2,1-2H3,(H,25,27);1H/t18-;/m1./s1. The van der Waals surface area contributed by atoms with E-state index in [2.05, 4.69) is 21.9 Å². The van der Waals surface area contributed by atoms with Gasteiger partial charge in [0.2, 0.25) is 0 Å². The Balaban J connectivity index is 0.00000300. The topological polar surface area (TPSA) is 69.3 Å². The van der Waals surface area contributed by atoms with Crippen molar-refractivity contribution >= 4 is 18.3 Å². The van der Waals surface area contributed by atoms with Crippen LogP contribution in [0.3, 0.4) is 0 Å². The average Bonchev–Trinajstić information content (AvgIpc) is 2.99. The smallest absolute Gasteiger partial charge is 0.406 e. The van der Waals surface area contributed by atoms with Crippen LogP contribution in [0.15, 0.2) is 30.3 Å². The van der Waals surface area contributed by atoms with E-state index < -0.39 is 6.36 Å². The van der Waals surface area contributed by atoms with Gasteiger partial charge in [0.05, 0.1) is 12.6 Å². The first-order valence-electron chi connectivity index (χ1n) is 8.80. The fourth-order valence-electron chi connectivity index (χ4n) is 3.30. The molecule has 3 N–H and O–H groups in total. The molecule has 1 aliphatic heterocycles. The second-order valence-corrected chi connectivity index (χ2v) is 6.76. The lowest BCUT2D eigenvalue weighted by Gasteiger charge is -2.30. The van der Waals surface area contributed by atoms with Gasteiger partial charge in [0.1, 0.15) is 17.1 Å². The van der Waals surface area contributed by atoms with E-state index in [0.717, 1.165) is 0 Å². The van der Waals surface area contributed by atoms with Crippen molar-refractivity contribution in [2.45, 2.75) is 26.3 Å². The van der Waals surface area contributed by atoms with E-state index in [9.17, 15) is 18.0 Å². The number of amides is 1. The molecule has 5 nitrogen and oxygen atoms in total. The summed E-state index contributed by atoms with van der Waals surface area (Å²) in [4.78, 5) is 12.4. The lowest BCUT2D eigenvalue weighted by Crippen LogP contribution is -2.41. The van der Waals surface area contributed by atoms with Crippen LogP contribution in [0.25, 0.3) is 11.1 Å². The van der Waals surface area contributed by atoms with E-state index >= 15 is 0 Å². The van der Waals surface area contributed by atoms with Crippen molar-refractivity contribution in [3.05, 3.63) is 41.7 Å². The van der Waals surface area contributed by atoms with Crippen LogP contribution in [0.5, 0.6) is 5.75 Å². The predicted molar refractivity (Wildman–Crippen MR) is 106 cm³/mol. The maximum Gasteiger partial charge on any atom is 0.573 e. The summed E-state index contributed by atoms with van der Waals surface area (Å²) >= 11 is 0. The van der Waals surface area contributed by atoms with Crippen LogP contribution in [0.1, 0.15) is 36.1 Å². The van der Waals surface area contributed by atoms with Crippen LogP contribution < -0.4 is 15.8 Å². The number of ether oxygens (including phenoxy) is 1. The molecule has 1 aromatic carbocycles. The zero-order valence-corrected chi connectivity index (χ0v) is 16.7. The number of carbonyl (C=O) groups excluding carboxylic acids is 1. The summed E-state index contributed by atoms with van der Waals surface area (Å²) in [5, 5.41) is 2.85. The number of hydrogen-bond acceptors (Lipinski definition) is 3. The highest BCUT2D eigenvalue weighted by Gasteiger charge is 2.33. The molecule has 0 unspecified atom stereocenters. The first-order chi connectivity index (χ1) is 13.2. The van der Waals surface area contributed by atoms with Crippen molar-refractivity contribution in [3.8, 4) is 28.7 Å². The highest BCUT2D eigenvalue weighted by atomic mass is 35.5. The van der Waals surface area contributed by atoms with Crippen molar-refractivity contribution in [1.82, 2.24) is 9.88 Å².